The van der Waals surface area contributed by atoms with Crippen LogP contribution in [0, 0.1) is 11.7 Å². The van der Waals surface area contributed by atoms with Crippen LogP contribution < -0.4 is 26.4 Å². The summed E-state index contributed by atoms with van der Waals surface area (Å²) in [6, 6.07) is 1.88. The molecular weight excluding hydrogens is 549 g/mol. The van der Waals surface area contributed by atoms with Gasteiger partial charge in [0.15, 0.2) is 11.6 Å². The highest BCUT2D eigenvalue weighted by Crippen LogP contribution is 2.36. The molecule has 0 aromatic carbocycles. The minimum absolute atomic E-state index is 0.00271. The number of hydrogen-bond acceptors (Lipinski definition) is 11. The Morgan fingerprint density at radius 3 is 2.50 bits per heavy atom. The lowest BCUT2D eigenvalue weighted by Gasteiger charge is -2.28. The number of carbonyl (C=O) groups is 2. The predicted octanol–water partition coefficient (Wildman–Crippen LogP) is 3.17. The van der Waals surface area contributed by atoms with Gasteiger partial charge in [0.05, 0.1) is 42.5 Å². The van der Waals surface area contributed by atoms with Gasteiger partial charge in [0, 0.05) is 13.2 Å². The average molecular weight is 586 g/mol. The summed E-state index contributed by atoms with van der Waals surface area (Å²) >= 11 is 0. The maximum atomic E-state index is 15.2. The first-order chi connectivity index (χ1) is 19.9. The van der Waals surface area contributed by atoms with E-state index in [2.05, 4.69) is 36.1 Å². The third kappa shape index (κ3) is 8.02. The molecule has 4 rings (SSSR count). The van der Waals surface area contributed by atoms with Crippen LogP contribution in [0.3, 0.4) is 0 Å². The summed E-state index contributed by atoms with van der Waals surface area (Å²) in [5.41, 5.74) is 5.51. The molecule has 3 aromatic heterocycles. The number of rotatable bonds is 13. The molecule has 3 aromatic rings. The van der Waals surface area contributed by atoms with Gasteiger partial charge in [0.1, 0.15) is 23.7 Å². The van der Waals surface area contributed by atoms with Gasteiger partial charge < -0.3 is 35.9 Å². The molecule has 2 amide bonds. The number of aromatic nitrogens is 5. The SMILES string of the molecule is COCCOc1ncc(Nc2nc(N[C@H](C3CC3)[C@H](C)NC(=O)OC(C)(C)C)c(F)cc2C(N)=O)cc1-n1nccn1. The van der Waals surface area contributed by atoms with E-state index in [1.54, 1.807) is 33.9 Å². The number of primary amides is 1. The maximum absolute atomic E-state index is 15.2. The normalized spacial score (nSPS) is 14.5. The molecule has 2 atom stereocenters. The van der Waals surface area contributed by atoms with Crippen molar-refractivity contribution in [2.45, 2.75) is 58.2 Å². The number of anilines is 3. The Bertz CT molecular complexity index is 1390. The van der Waals surface area contributed by atoms with Gasteiger partial charge in [0.2, 0.25) is 5.88 Å². The molecule has 15 heteroatoms. The van der Waals surface area contributed by atoms with Crippen molar-refractivity contribution in [1.29, 1.82) is 0 Å². The number of halogens is 1. The number of methoxy groups -OCH3 is 1. The van der Waals surface area contributed by atoms with Crippen molar-refractivity contribution < 1.29 is 28.2 Å². The minimum atomic E-state index is -0.879. The van der Waals surface area contributed by atoms with E-state index in [0.29, 0.717) is 18.0 Å². The molecule has 3 heterocycles. The zero-order chi connectivity index (χ0) is 30.4. The fourth-order valence-electron chi connectivity index (χ4n) is 4.18. The molecule has 0 spiro atoms. The maximum Gasteiger partial charge on any atom is 0.407 e. The lowest BCUT2D eigenvalue weighted by atomic mass is 10.0. The molecule has 1 saturated carbocycles. The van der Waals surface area contributed by atoms with Crippen LogP contribution >= 0.6 is 0 Å². The molecule has 0 unspecified atom stereocenters. The summed E-state index contributed by atoms with van der Waals surface area (Å²) in [6.07, 6.45) is 5.68. The summed E-state index contributed by atoms with van der Waals surface area (Å²) in [6.45, 7) is 7.71. The van der Waals surface area contributed by atoms with E-state index in [1.165, 1.54) is 23.4 Å². The van der Waals surface area contributed by atoms with Gasteiger partial charge in [-0.05, 0) is 58.6 Å². The number of alkyl carbamates (subject to hydrolysis) is 1. The van der Waals surface area contributed by atoms with Crippen LogP contribution in [0.25, 0.3) is 5.69 Å². The van der Waals surface area contributed by atoms with Gasteiger partial charge in [-0.25, -0.2) is 19.2 Å². The van der Waals surface area contributed by atoms with Gasteiger partial charge in [-0.15, -0.1) is 4.80 Å². The number of nitrogens with two attached hydrogens (primary N) is 1. The molecule has 226 valence electrons. The van der Waals surface area contributed by atoms with Gasteiger partial charge in [0.25, 0.3) is 5.91 Å². The molecule has 0 aliphatic heterocycles. The summed E-state index contributed by atoms with van der Waals surface area (Å²) in [5.74, 6) is -1.33. The summed E-state index contributed by atoms with van der Waals surface area (Å²) in [5, 5.41) is 17.2. The fraction of sp³-hybridized carbons (Fsp3) is 0.481. The highest BCUT2D eigenvalue weighted by molar-refractivity contribution is 5.98. The average Bonchev–Trinajstić information content (AvgIpc) is 3.60. The van der Waals surface area contributed by atoms with Gasteiger partial charge in [-0.1, -0.05) is 0 Å². The van der Waals surface area contributed by atoms with Crippen LogP contribution in [-0.2, 0) is 9.47 Å². The Hall–Kier alpha value is -4.53. The number of carbonyl (C=O) groups excluding carboxylic acids is 2. The highest BCUT2D eigenvalue weighted by atomic mass is 19.1. The monoisotopic (exact) mass is 585 g/mol. The zero-order valence-electron chi connectivity index (χ0n) is 24.2. The second-order valence-corrected chi connectivity index (χ2v) is 10.9. The van der Waals surface area contributed by atoms with E-state index in [4.69, 9.17) is 19.9 Å². The van der Waals surface area contributed by atoms with Gasteiger partial charge in [-0.2, -0.15) is 10.2 Å². The largest absolute Gasteiger partial charge is 0.474 e. The summed E-state index contributed by atoms with van der Waals surface area (Å²) in [4.78, 5) is 34.7. The number of nitrogens with one attached hydrogen (secondary N) is 3. The van der Waals surface area contributed by atoms with Crippen molar-refractivity contribution >= 4 is 29.3 Å². The Kier molecular flexibility index (Phi) is 9.40. The van der Waals surface area contributed by atoms with Crippen molar-refractivity contribution in [3.8, 4) is 11.6 Å². The third-order valence-corrected chi connectivity index (χ3v) is 6.21. The molecule has 5 N–H and O–H groups in total. The molecule has 14 nitrogen and oxygen atoms in total. The smallest absolute Gasteiger partial charge is 0.407 e. The van der Waals surface area contributed by atoms with Crippen LogP contribution in [0.5, 0.6) is 5.88 Å². The zero-order valence-corrected chi connectivity index (χ0v) is 24.2. The fourth-order valence-corrected chi connectivity index (χ4v) is 4.18. The Labute approximate surface area is 242 Å². The minimum Gasteiger partial charge on any atom is -0.474 e. The van der Waals surface area contributed by atoms with Crippen molar-refractivity contribution in [3.63, 3.8) is 0 Å². The first-order valence-electron chi connectivity index (χ1n) is 13.5. The lowest BCUT2D eigenvalue weighted by Crippen LogP contribution is -2.47. The highest BCUT2D eigenvalue weighted by Gasteiger charge is 2.37. The van der Waals surface area contributed by atoms with Crippen molar-refractivity contribution in [2.24, 2.45) is 11.7 Å². The number of nitrogens with zero attached hydrogens (tertiary/aromatic N) is 5. The van der Waals surface area contributed by atoms with Crippen molar-refractivity contribution in [3.05, 3.63) is 42.1 Å². The van der Waals surface area contributed by atoms with Crippen molar-refractivity contribution in [1.82, 2.24) is 30.3 Å². The molecular formula is C27H36FN9O5. The van der Waals surface area contributed by atoms with E-state index < -0.39 is 29.5 Å². The van der Waals surface area contributed by atoms with E-state index in [1.807, 2.05) is 6.92 Å². The molecule has 1 aliphatic rings. The first-order valence-corrected chi connectivity index (χ1v) is 13.5. The third-order valence-electron chi connectivity index (χ3n) is 6.21. The van der Waals surface area contributed by atoms with Crippen LogP contribution in [0.2, 0.25) is 0 Å². The molecule has 42 heavy (non-hydrogen) atoms. The van der Waals surface area contributed by atoms with Crippen LogP contribution in [-0.4, -0.2) is 75.0 Å². The molecule has 1 fully saturated rings. The van der Waals surface area contributed by atoms with E-state index in [-0.39, 0.29) is 41.6 Å². The van der Waals surface area contributed by atoms with Crippen LogP contribution in [0.1, 0.15) is 50.9 Å². The Morgan fingerprint density at radius 1 is 1.17 bits per heavy atom. The second kappa shape index (κ2) is 13.0. The van der Waals surface area contributed by atoms with Crippen LogP contribution in [0.15, 0.2) is 30.7 Å². The standard InChI is InChI=1S/C27H36FN9O5/c1-15(33-26(39)42-27(2,3)4)21(16-6-7-16)35-24-19(28)13-18(22(29)38)23(36-24)34-17-12-20(37-31-8-9-32-37)25(30-14-17)41-11-10-40-5/h8-9,12-16,21H,6-7,10-11H2,1-5H3,(H2,29,38)(H,33,39)(H2,34,35,36)/t15-,21-/m0/s1. The number of hydrogen-bond donors (Lipinski definition) is 4. The molecule has 0 saturated heterocycles. The van der Waals surface area contributed by atoms with Gasteiger partial charge >= 0.3 is 6.09 Å². The Morgan fingerprint density at radius 2 is 1.88 bits per heavy atom. The number of ether oxygens (including phenoxy) is 3. The number of pyridine rings is 2. The van der Waals surface area contributed by atoms with Crippen molar-refractivity contribution in [2.75, 3.05) is 31.0 Å². The van der Waals surface area contributed by atoms with E-state index in [0.717, 1.165) is 18.9 Å². The molecule has 1 aliphatic carbocycles. The molecule has 0 radical (unpaired) electrons. The summed E-state index contributed by atoms with van der Waals surface area (Å²) < 4.78 is 31.3. The Balaban J connectivity index is 1.61. The quantitative estimate of drug-likeness (QED) is 0.216. The van der Waals surface area contributed by atoms with E-state index >= 15 is 4.39 Å². The van der Waals surface area contributed by atoms with Crippen LogP contribution in [0.4, 0.5) is 26.5 Å². The topological polar surface area (TPSA) is 180 Å². The second-order valence-electron chi connectivity index (χ2n) is 10.9. The predicted molar refractivity (Wildman–Crippen MR) is 151 cm³/mol. The molecule has 0 bridgehead atoms. The number of amides is 2. The van der Waals surface area contributed by atoms with Gasteiger partial charge in [-0.3, -0.25) is 4.79 Å². The van der Waals surface area contributed by atoms with E-state index in [9.17, 15) is 9.59 Å². The lowest BCUT2D eigenvalue weighted by molar-refractivity contribution is 0.0501. The first kappa shape index (κ1) is 30.4. The summed E-state index contributed by atoms with van der Waals surface area (Å²) in [7, 11) is 1.56.